The first-order valence-corrected chi connectivity index (χ1v) is 9.77. The lowest BCUT2D eigenvalue weighted by Crippen LogP contribution is -2.08. The summed E-state index contributed by atoms with van der Waals surface area (Å²) in [4.78, 5) is 23.6. The van der Waals surface area contributed by atoms with Crippen LogP contribution in [0.3, 0.4) is 0 Å². The fraction of sp³-hybridized carbons (Fsp3) is 0.133. The number of rotatable bonds is 4. The lowest BCUT2D eigenvalue weighted by atomic mass is 10.1. The lowest BCUT2D eigenvalue weighted by Gasteiger charge is -2.07. The molecule has 0 bridgehead atoms. The zero-order chi connectivity index (χ0) is 17.1. The molecule has 5 nitrogen and oxygen atoms in total. The van der Waals surface area contributed by atoms with E-state index in [1.54, 1.807) is 10.9 Å². The first kappa shape index (κ1) is 17.5. The third kappa shape index (κ3) is 3.40. The van der Waals surface area contributed by atoms with Gasteiger partial charge < -0.3 is 5.32 Å². The van der Waals surface area contributed by atoms with Crippen molar-refractivity contribution in [2.24, 2.45) is 0 Å². The van der Waals surface area contributed by atoms with Gasteiger partial charge in [-0.3, -0.25) is 13.6 Å². The summed E-state index contributed by atoms with van der Waals surface area (Å²) in [6.07, 6.45) is 1.44. The minimum atomic E-state index is -0.589. The first-order valence-electron chi connectivity index (χ1n) is 6.45. The van der Waals surface area contributed by atoms with E-state index in [0.717, 1.165) is 0 Å². The van der Waals surface area contributed by atoms with Gasteiger partial charge in [0.05, 0.1) is 16.8 Å². The quantitative estimate of drug-likeness (QED) is 0.332. The highest BCUT2D eigenvalue weighted by Gasteiger charge is 2.20. The molecule has 0 radical (unpaired) electrons. The molecule has 0 spiro atoms. The molecule has 0 aliphatic carbocycles. The smallest absolute Gasteiger partial charge is 0.221 e. The van der Waals surface area contributed by atoms with Crippen molar-refractivity contribution >= 4 is 58.6 Å². The number of nitriles is 1. The van der Waals surface area contributed by atoms with E-state index in [2.05, 4.69) is 5.32 Å². The lowest BCUT2D eigenvalue weighted by molar-refractivity contribution is -0.114. The van der Waals surface area contributed by atoms with Crippen LogP contribution in [0.25, 0.3) is 10.9 Å². The fourth-order valence-electron chi connectivity index (χ4n) is 2.11. The SMILES string of the molecule is C/C=C(\C#N)C(=O)c1cc2cc(F)c(NC(C)=O)cc2n1SI. The van der Waals surface area contributed by atoms with Crippen LogP contribution < -0.4 is 5.32 Å². The second kappa shape index (κ2) is 7.14. The number of carbonyl (C=O) groups excluding carboxylic acids is 2. The van der Waals surface area contributed by atoms with Crippen LogP contribution in [0.2, 0.25) is 0 Å². The molecule has 1 aromatic carbocycles. The standard InChI is InChI=1S/C15H11FIN3O2S/c1-3-9(7-18)15(22)14-5-10-4-11(16)12(19-8(2)21)6-13(10)20(14)23-17/h3-6H,1-2H3,(H,19,21)/b9-3+. The predicted molar refractivity (Wildman–Crippen MR) is 96.9 cm³/mol. The van der Waals surface area contributed by atoms with Crippen molar-refractivity contribution < 1.29 is 14.0 Å². The van der Waals surface area contributed by atoms with Gasteiger partial charge in [-0.1, -0.05) is 6.08 Å². The van der Waals surface area contributed by atoms with E-state index in [1.165, 1.54) is 40.3 Å². The van der Waals surface area contributed by atoms with Crippen LogP contribution in [-0.4, -0.2) is 15.7 Å². The van der Waals surface area contributed by atoms with E-state index in [9.17, 15) is 14.0 Å². The number of hydrogen-bond donors (Lipinski definition) is 1. The molecule has 0 saturated carbocycles. The normalized spacial score (nSPS) is 11.3. The highest BCUT2D eigenvalue weighted by Crippen LogP contribution is 2.32. The van der Waals surface area contributed by atoms with Gasteiger partial charge in [-0.05, 0) is 25.1 Å². The topological polar surface area (TPSA) is 74.9 Å². The van der Waals surface area contributed by atoms with Gasteiger partial charge in [-0.15, -0.1) is 0 Å². The summed E-state index contributed by atoms with van der Waals surface area (Å²) < 4.78 is 15.6. The Bertz CT molecular complexity index is 883. The molecule has 1 aromatic heterocycles. The van der Waals surface area contributed by atoms with Gasteiger partial charge in [0, 0.05) is 42.6 Å². The maximum Gasteiger partial charge on any atom is 0.221 e. The van der Waals surface area contributed by atoms with Crippen LogP contribution in [0.4, 0.5) is 10.1 Å². The number of ketones is 1. The molecule has 8 heteroatoms. The summed E-state index contributed by atoms with van der Waals surface area (Å²) in [7, 11) is 1.23. The molecule has 23 heavy (non-hydrogen) atoms. The number of hydrogen-bond acceptors (Lipinski definition) is 4. The third-order valence-electron chi connectivity index (χ3n) is 3.11. The summed E-state index contributed by atoms with van der Waals surface area (Å²) in [5.74, 6) is -1.41. The number of amides is 1. The highest BCUT2D eigenvalue weighted by molar-refractivity contribution is 14.2. The van der Waals surface area contributed by atoms with Crippen LogP contribution in [0.15, 0.2) is 29.8 Å². The van der Waals surface area contributed by atoms with Gasteiger partial charge in [0.15, 0.2) is 0 Å². The summed E-state index contributed by atoms with van der Waals surface area (Å²) in [6, 6.07) is 6.10. The number of allylic oxidation sites excluding steroid dienone is 2. The van der Waals surface area contributed by atoms with Crippen LogP contribution in [0, 0.1) is 17.1 Å². The van der Waals surface area contributed by atoms with E-state index in [1.807, 2.05) is 27.3 Å². The fourth-order valence-corrected chi connectivity index (χ4v) is 3.82. The zero-order valence-electron chi connectivity index (χ0n) is 12.2. The van der Waals surface area contributed by atoms with Crippen molar-refractivity contribution in [1.82, 2.24) is 3.97 Å². The van der Waals surface area contributed by atoms with Gasteiger partial charge in [-0.25, -0.2) is 4.39 Å². The number of halogens is 2. The van der Waals surface area contributed by atoms with Crippen molar-refractivity contribution in [2.75, 3.05) is 5.32 Å². The number of aromatic nitrogens is 1. The Hall–Kier alpha value is -1.86. The monoisotopic (exact) mass is 443 g/mol. The minimum Gasteiger partial charge on any atom is -0.324 e. The Morgan fingerprint density at radius 1 is 1.43 bits per heavy atom. The zero-order valence-corrected chi connectivity index (χ0v) is 15.2. The Morgan fingerprint density at radius 3 is 2.65 bits per heavy atom. The molecule has 1 heterocycles. The van der Waals surface area contributed by atoms with E-state index < -0.39 is 11.6 Å². The Balaban J connectivity index is 2.68. The van der Waals surface area contributed by atoms with Crippen LogP contribution >= 0.6 is 30.3 Å². The molecular weight excluding hydrogens is 432 g/mol. The van der Waals surface area contributed by atoms with Crippen molar-refractivity contribution in [3.63, 3.8) is 0 Å². The molecule has 2 rings (SSSR count). The molecule has 1 N–H and O–H groups in total. The number of Topliss-reactive ketones (excluding diaryl/α,β-unsaturated/α-hetero) is 1. The summed E-state index contributed by atoms with van der Waals surface area (Å²) >= 11 is 1.99. The van der Waals surface area contributed by atoms with Gasteiger partial charge in [0.1, 0.15) is 17.6 Å². The number of fused-ring (bicyclic) bond motifs is 1. The molecule has 0 saturated heterocycles. The summed E-state index contributed by atoms with van der Waals surface area (Å²) in [6.45, 7) is 2.89. The largest absolute Gasteiger partial charge is 0.324 e. The molecule has 2 aromatic rings. The molecule has 0 fully saturated rings. The molecule has 0 aliphatic rings. The van der Waals surface area contributed by atoms with Crippen molar-refractivity contribution in [3.05, 3.63) is 41.4 Å². The van der Waals surface area contributed by atoms with E-state index in [4.69, 9.17) is 5.26 Å². The van der Waals surface area contributed by atoms with Crippen molar-refractivity contribution in [3.8, 4) is 6.07 Å². The van der Waals surface area contributed by atoms with Gasteiger partial charge in [0.25, 0.3) is 0 Å². The average Bonchev–Trinajstić information content (AvgIpc) is 2.85. The maximum atomic E-state index is 14.0. The third-order valence-corrected chi connectivity index (χ3v) is 4.83. The molecular formula is C15H11FIN3O2S. The molecule has 0 aliphatic heterocycles. The Morgan fingerprint density at radius 2 is 2.13 bits per heavy atom. The number of benzene rings is 1. The summed E-state index contributed by atoms with van der Waals surface area (Å²) in [5, 5.41) is 11.9. The van der Waals surface area contributed by atoms with E-state index in [-0.39, 0.29) is 22.9 Å². The van der Waals surface area contributed by atoms with Crippen molar-refractivity contribution in [2.45, 2.75) is 13.8 Å². The second-order valence-corrected chi connectivity index (χ2v) is 6.29. The van der Waals surface area contributed by atoms with Gasteiger partial charge >= 0.3 is 0 Å². The molecule has 0 unspecified atom stereocenters. The van der Waals surface area contributed by atoms with Gasteiger partial charge in [0.2, 0.25) is 11.7 Å². The van der Waals surface area contributed by atoms with Gasteiger partial charge in [-0.2, -0.15) is 5.26 Å². The number of nitrogens with one attached hydrogen (secondary N) is 1. The van der Waals surface area contributed by atoms with Crippen LogP contribution in [0.5, 0.6) is 0 Å². The number of nitrogens with zero attached hydrogens (tertiary/aromatic N) is 2. The van der Waals surface area contributed by atoms with Crippen LogP contribution in [-0.2, 0) is 4.79 Å². The first-order chi connectivity index (χ1) is 10.9. The number of anilines is 1. The molecule has 118 valence electrons. The summed E-state index contributed by atoms with van der Waals surface area (Å²) in [5.41, 5.74) is 0.905. The maximum absolute atomic E-state index is 14.0. The Kier molecular flexibility index (Phi) is 5.43. The van der Waals surface area contributed by atoms with Crippen LogP contribution in [0.1, 0.15) is 24.3 Å². The molecule has 0 atom stereocenters. The number of carbonyl (C=O) groups is 2. The van der Waals surface area contributed by atoms with E-state index in [0.29, 0.717) is 10.9 Å². The Labute approximate surface area is 148 Å². The second-order valence-electron chi connectivity index (χ2n) is 4.61. The van der Waals surface area contributed by atoms with Crippen molar-refractivity contribution in [1.29, 1.82) is 5.26 Å². The average molecular weight is 443 g/mol. The minimum absolute atomic E-state index is 0.0158. The highest BCUT2D eigenvalue weighted by atomic mass is 127. The predicted octanol–water partition coefficient (Wildman–Crippen LogP) is 4.24. The van der Waals surface area contributed by atoms with E-state index >= 15 is 0 Å². The molecule has 1 amide bonds.